The topological polar surface area (TPSA) is 220 Å². The van der Waals surface area contributed by atoms with Crippen LogP contribution in [-0.2, 0) is 19.1 Å². The Hall–Kier alpha value is -3.23. The van der Waals surface area contributed by atoms with Crippen LogP contribution in [0.2, 0.25) is 0 Å². The molecule has 46 heavy (non-hydrogen) atoms. The molecule has 2 saturated heterocycles. The average Bonchev–Trinajstić information content (AvgIpc) is 3.54. The van der Waals surface area contributed by atoms with Gasteiger partial charge in [0.1, 0.15) is 30.6 Å². The van der Waals surface area contributed by atoms with Gasteiger partial charge < -0.3 is 29.7 Å². The van der Waals surface area contributed by atoms with Crippen LogP contribution in [0.5, 0.6) is 0 Å². The van der Waals surface area contributed by atoms with Crippen molar-refractivity contribution in [2.75, 3.05) is 6.54 Å². The summed E-state index contributed by atoms with van der Waals surface area (Å²) in [6, 6.07) is -0.503. The van der Waals surface area contributed by atoms with E-state index in [0.29, 0.717) is 12.8 Å². The van der Waals surface area contributed by atoms with Crippen molar-refractivity contribution in [1.82, 2.24) is 14.5 Å². The number of aliphatic hydroxyl groups is 2. The number of rotatable bonds is 21. The molecule has 15 nitrogen and oxygen atoms in total. The highest BCUT2D eigenvalue weighted by Crippen LogP contribution is 2.38. The molecule has 0 saturated carbocycles. The van der Waals surface area contributed by atoms with E-state index < -0.39 is 66.0 Å². The summed E-state index contributed by atoms with van der Waals surface area (Å²) in [5, 5.41) is 35.4. The van der Waals surface area contributed by atoms with Crippen LogP contribution in [0.3, 0.4) is 0 Å². The summed E-state index contributed by atoms with van der Waals surface area (Å²) in [6.45, 7) is 2.33. The molecule has 258 valence electrons. The molecule has 1 aromatic rings. The quantitative estimate of drug-likeness (QED) is 0.0658. The molecule has 0 aromatic carbocycles. The van der Waals surface area contributed by atoms with Gasteiger partial charge in [-0.25, -0.2) is 9.59 Å². The average molecular weight is 651 g/mol. The van der Waals surface area contributed by atoms with E-state index in [9.17, 15) is 34.5 Å². The second kappa shape index (κ2) is 19.4. The lowest BCUT2D eigenvalue weighted by Gasteiger charge is -2.28. The van der Waals surface area contributed by atoms with Crippen molar-refractivity contribution in [3.05, 3.63) is 43.5 Å². The van der Waals surface area contributed by atoms with E-state index in [4.69, 9.17) is 15.0 Å². The number of carbonyl (C=O) groups is 2. The molecular formula is C31H50N6O9. The van der Waals surface area contributed by atoms with Crippen LogP contribution in [0.1, 0.15) is 116 Å². The summed E-state index contributed by atoms with van der Waals surface area (Å²) in [5.41, 5.74) is 7.07. The van der Waals surface area contributed by atoms with Crippen LogP contribution < -0.4 is 11.2 Å². The molecular weight excluding hydrogens is 600 g/mol. The van der Waals surface area contributed by atoms with Gasteiger partial charge in [0.05, 0.1) is 0 Å². The fourth-order valence-corrected chi connectivity index (χ4v) is 6.32. The number of aromatic nitrogens is 2. The van der Waals surface area contributed by atoms with Gasteiger partial charge in [-0.2, -0.15) is 0 Å². The van der Waals surface area contributed by atoms with Crippen molar-refractivity contribution >= 4 is 11.9 Å². The SMILES string of the molecule is CCCCCCCCCCCCCCCC(=O)N1[C@H](C(=O)O)[C@@H]([C@H]2O[C@@H](n3ccc(=O)[nH]c3=O)[C@H](O)[C@@H]2O)O[C@@H]1CCCN=[N+]=[N-]. The highest BCUT2D eigenvalue weighted by molar-refractivity contribution is 5.85. The Morgan fingerprint density at radius 3 is 2.09 bits per heavy atom. The minimum absolute atomic E-state index is 0.108. The maximum Gasteiger partial charge on any atom is 0.330 e. The predicted molar refractivity (Wildman–Crippen MR) is 168 cm³/mol. The lowest BCUT2D eigenvalue weighted by molar-refractivity contribution is -0.152. The fraction of sp³-hybridized carbons (Fsp3) is 0.806. The maximum atomic E-state index is 13.5. The largest absolute Gasteiger partial charge is 0.480 e. The fourth-order valence-electron chi connectivity index (χ4n) is 6.32. The van der Waals surface area contributed by atoms with E-state index in [1.54, 1.807) is 0 Å². The summed E-state index contributed by atoms with van der Waals surface area (Å²) < 4.78 is 12.7. The second-order valence-electron chi connectivity index (χ2n) is 12.2. The number of nitrogens with one attached hydrogen (secondary N) is 1. The molecule has 0 radical (unpaired) electrons. The summed E-state index contributed by atoms with van der Waals surface area (Å²) in [4.78, 5) is 55.8. The van der Waals surface area contributed by atoms with E-state index in [-0.39, 0.29) is 19.4 Å². The van der Waals surface area contributed by atoms with Crippen LogP contribution in [0.15, 0.2) is 27.0 Å². The zero-order chi connectivity index (χ0) is 33.5. The molecule has 7 atom stereocenters. The van der Waals surface area contributed by atoms with Crippen LogP contribution in [-0.4, -0.2) is 84.9 Å². The molecule has 0 bridgehead atoms. The minimum atomic E-state index is -1.67. The first kappa shape index (κ1) is 37.2. The van der Waals surface area contributed by atoms with Gasteiger partial charge in [0, 0.05) is 30.1 Å². The van der Waals surface area contributed by atoms with E-state index in [1.165, 1.54) is 51.4 Å². The molecule has 2 fully saturated rings. The van der Waals surface area contributed by atoms with Crippen LogP contribution in [0.4, 0.5) is 0 Å². The number of amides is 1. The van der Waals surface area contributed by atoms with Crippen LogP contribution in [0.25, 0.3) is 10.4 Å². The smallest absolute Gasteiger partial charge is 0.330 e. The van der Waals surface area contributed by atoms with E-state index in [1.807, 2.05) is 4.98 Å². The summed E-state index contributed by atoms with van der Waals surface area (Å²) in [6.07, 6.45) is 7.95. The normalized spacial score (nSPS) is 25.9. The van der Waals surface area contributed by atoms with Gasteiger partial charge in [0.25, 0.3) is 5.56 Å². The monoisotopic (exact) mass is 650 g/mol. The number of hydrogen-bond acceptors (Lipinski definition) is 9. The highest BCUT2D eigenvalue weighted by atomic mass is 16.6. The Labute approximate surface area is 268 Å². The lowest BCUT2D eigenvalue weighted by atomic mass is 9.98. The standard InChI is InChI=1S/C31H50N6O9/c1-2-3-4-5-6-7-8-9-10-11-12-13-14-16-22(39)37-23(17-15-19-33-35-32)45-27(24(37)30(42)43)28-25(40)26(41)29(46-28)36-20-18-21(38)34-31(36)44/h18,20,23-29,40-41H,2-17,19H2,1H3,(H,42,43)(H,34,38,44)/t23-,24+,25+,26-,27+,28+,29-/m1/s1. The molecule has 0 spiro atoms. The van der Waals surface area contributed by atoms with E-state index >= 15 is 0 Å². The Morgan fingerprint density at radius 1 is 0.913 bits per heavy atom. The number of nitrogens with zero attached hydrogens (tertiary/aromatic N) is 5. The van der Waals surface area contributed by atoms with Gasteiger partial charge in [-0.15, -0.1) is 0 Å². The Bertz CT molecular complexity index is 1270. The van der Waals surface area contributed by atoms with Gasteiger partial charge in [-0.05, 0) is 24.8 Å². The Balaban J connectivity index is 1.59. The van der Waals surface area contributed by atoms with E-state index in [2.05, 4.69) is 16.9 Å². The second-order valence-corrected chi connectivity index (χ2v) is 12.2. The van der Waals surface area contributed by atoms with Crippen molar-refractivity contribution in [3.63, 3.8) is 0 Å². The van der Waals surface area contributed by atoms with Crippen molar-refractivity contribution in [2.24, 2.45) is 5.11 Å². The number of carboxylic acids is 1. The first-order valence-corrected chi connectivity index (χ1v) is 16.7. The first-order valence-electron chi connectivity index (χ1n) is 16.7. The molecule has 1 aromatic heterocycles. The number of aliphatic carboxylic acids is 1. The van der Waals surface area contributed by atoms with Gasteiger partial charge in [0.15, 0.2) is 12.3 Å². The summed E-state index contributed by atoms with van der Waals surface area (Å²) >= 11 is 0. The van der Waals surface area contributed by atoms with Crippen molar-refractivity contribution in [1.29, 1.82) is 0 Å². The maximum absolute atomic E-state index is 13.5. The number of unbranched alkanes of at least 4 members (excludes halogenated alkanes) is 12. The lowest BCUT2D eigenvalue weighted by Crippen LogP contribution is -2.52. The Morgan fingerprint density at radius 2 is 1.52 bits per heavy atom. The van der Waals surface area contributed by atoms with Gasteiger partial charge >= 0.3 is 11.7 Å². The highest BCUT2D eigenvalue weighted by Gasteiger charge is 2.58. The number of aliphatic hydroxyl groups excluding tert-OH is 2. The molecule has 0 unspecified atom stereocenters. The third-order valence-corrected chi connectivity index (χ3v) is 8.77. The van der Waals surface area contributed by atoms with Crippen molar-refractivity contribution in [3.8, 4) is 0 Å². The van der Waals surface area contributed by atoms with Gasteiger partial charge in [-0.1, -0.05) is 89.1 Å². The molecule has 2 aliphatic heterocycles. The molecule has 1 amide bonds. The molecule has 15 heteroatoms. The first-order chi connectivity index (χ1) is 22.2. The number of carboxylic acid groups (broad SMARTS) is 1. The molecule has 3 heterocycles. The predicted octanol–water partition coefficient (Wildman–Crippen LogP) is 3.73. The molecule has 0 aliphatic carbocycles. The molecule has 4 N–H and O–H groups in total. The summed E-state index contributed by atoms with van der Waals surface area (Å²) in [5.74, 6) is -1.80. The van der Waals surface area contributed by atoms with Gasteiger partial charge in [0.2, 0.25) is 5.91 Å². The summed E-state index contributed by atoms with van der Waals surface area (Å²) in [7, 11) is 0. The minimum Gasteiger partial charge on any atom is -0.480 e. The van der Waals surface area contributed by atoms with Crippen molar-refractivity contribution < 1.29 is 34.4 Å². The van der Waals surface area contributed by atoms with Crippen LogP contribution in [0, 0.1) is 0 Å². The zero-order valence-electron chi connectivity index (χ0n) is 26.7. The van der Waals surface area contributed by atoms with Crippen LogP contribution >= 0.6 is 0 Å². The number of H-pyrrole nitrogens is 1. The number of azide groups is 1. The zero-order valence-corrected chi connectivity index (χ0v) is 26.7. The third-order valence-electron chi connectivity index (χ3n) is 8.77. The third kappa shape index (κ3) is 10.4. The van der Waals surface area contributed by atoms with Gasteiger partial charge in [-0.3, -0.25) is 19.1 Å². The number of aromatic amines is 1. The molecule has 3 rings (SSSR count). The number of hydrogen-bond donors (Lipinski definition) is 4. The number of ether oxygens (including phenoxy) is 2. The van der Waals surface area contributed by atoms with Crippen molar-refractivity contribution in [2.45, 2.75) is 153 Å². The number of carbonyl (C=O) groups excluding carboxylic acids is 1. The molecule has 2 aliphatic rings. The Kier molecular flexibility index (Phi) is 15.7. The van der Waals surface area contributed by atoms with E-state index in [0.717, 1.165) is 47.4 Å².